The molecule has 0 fully saturated rings. The highest BCUT2D eigenvalue weighted by Gasteiger charge is 2.13. The molecule has 0 amide bonds. The Balaban J connectivity index is 2.74. The molecule has 1 aromatic carbocycles. The lowest BCUT2D eigenvalue weighted by Crippen LogP contribution is -2.15. The number of nitrogens with two attached hydrogens (primary N) is 1. The molecular formula is C15H25NO. The second kappa shape index (κ2) is 6.65. The lowest BCUT2D eigenvalue weighted by Gasteiger charge is -2.19. The van der Waals surface area contributed by atoms with E-state index in [0.717, 1.165) is 24.2 Å². The minimum Gasteiger partial charge on any atom is -0.491 e. The molecule has 0 aromatic heterocycles. The fourth-order valence-electron chi connectivity index (χ4n) is 1.82. The summed E-state index contributed by atoms with van der Waals surface area (Å²) in [4.78, 5) is 0. The van der Waals surface area contributed by atoms with Gasteiger partial charge in [-0.3, -0.25) is 0 Å². The van der Waals surface area contributed by atoms with Crippen LogP contribution >= 0.6 is 0 Å². The molecule has 2 N–H and O–H groups in total. The number of hydrogen-bond donors (Lipinski definition) is 1. The molecule has 0 heterocycles. The second-order valence-electron chi connectivity index (χ2n) is 5.28. The highest BCUT2D eigenvalue weighted by atomic mass is 16.5. The Morgan fingerprint density at radius 1 is 1.06 bits per heavy atom. The van der Waals surface area contributed by atoms with E-state index < -0.39 is 0 Å². The molecule has 0 spiro atoms. The summed E-state index contributed by atoms with van der Waals surface area (Å²) in [5.41, 5.74) is 7.37. The van der Waals surface area contributed by atoms with Crippen molar-refractivity contribution >= 4 is 0 Å². The van der Waals surface area contributed by atoms with Crippen molar-refractivity contribution < 1.29 is 4.74 Å². The average Bonchev–Trinajstić information content (AvgIpc) is 2.25. The van der Waals surface area contributed by atoms with E-state index in [-0.39, 0.29) is 12.1 Å². The molecule has 96 valence electrons. The number of ether oxygens (including phenoxy) is 1. The summed E-state index contributed by atoms with van der Waals surface area (Å²) in [7, 11) is 0. The monoisotopic (exact) mass is 235 g/mol. The summed E-state index contributed by atoms with van der Waals surface area (Å²) in [6, 6.07) is 8.17. The summed E-state index contributed by atoms with van der Waals surface area (Å²) >= 11 is 0. The molecule has 0 aliphatic carbocycles. The van der Waals surface area contributed by atoms with Gasteiger partial charge in [0.1, 0.15) is 5.75 Å². The first-order chi connectivity index (χ1) is 8.00. The van der Waals surface area contributed by atoms with Crippen molar-refractivity contribution in [2.24, 2.45) is 11.7 Å². The van der Waals surface area contributed by atoms with Crippen molar-refractivity contribution in [2.45, 2.75) is 52.7 Å². The third kappa shape index (κ3) is 4.78. The van der Waals surface area contributed by atoms with Gasteiger partial charge < -0.3 is 10.5 Å². The Labute approximate surface area is 105 Å². The number of hydrogen-bond acceptors (Lipinski definition) is 2. The maximum absolute atomic E-state index is 6.24. The van der Waals surface area contributed by atoms with Crippen LogP contribution in [-0.2, 0) is 0 Å². The van der Waals surface area contributed by atoms with Gasteiger partial charge in [0.2, 0.25) is 0 Å². The van der Waals surface area contributed by atoms with Gasteiger partial charge in [0.15, 0.2) is 0 Å². The largest absolute Gasteiger partial charge is 0.491 e. The van der Waals surface area contributed by atoms with Gasteiger partial charge in [-0.15, -0.1) is 0 Å². The van der Waals surface area contributed by atoms with Crippen LogP contribution in [-0.4, -0.2) is 6.10 Å². The standard InChI is InChI=1S/C15H25NO/c1-11(2)9-10-14(16)13-7-5-6-8-15(13)17-12(3)4/h5-8,11-12,14H,9-10,16H2,1-4H3/t14-/m1/s1. The molecule has 0 saturated heterocycles. The molecule has 17 heavy (non-hydrogen) atoms. The molecule has 2 nitrogen and oxygen atoms in total. The zero-order chi connectivity index (χ0) is 12.8. The first-order valence-electron chi connectivity index (χ1n) is 6.52. The molecule has 1 rings (SSSR count). The molecule has 0 unspecified atom stereocenters. The summed E-state index contributed by atoms with van der Waals surface area (Å²) < 4.78 is 5.79. The Hall–Kier alpha value is -1.02. The van der Waals surface area contributed by atoms with Gasteiger partial charge in [0, 0.05) is 11.6 Å². The van der Waals surface area contributed by atoms with Crippen molar-refractivity contribution in [3.05, 3.63) is 29.8 Å². The third-order valence-corrected chi connectivity index (χ3v) is 2.74. The molecule has 0 saturated carbocycles. The van der Waals surface area contributed by atoms with Crippen LogP contribution in [0.15, 0.2) is 24.3 Å². The zero-order valence-corrected chi connectivity index (χ0v) is 11.4. The Kier molecular flexibility index (Phi) is 5.49. The van der Waals surface area contributed by atoms with Crippen molar-refractivity contribution in [1.82, 2.24) is 0 Å². The fourth-order valence-corrected chi connectivity index (χ4v) is 1.82. The van der Waals surface area contributed by atoms with Crippen molar-refractivity contribution in [1.29, 1.82) is 0 Å². The molecule has 1 atom stereocenters. The van der Waals surface area contributed by atoms with Gasteiger partial charge in [-0.05, 0) is 38.7 Å². The highest BCUT2D eigenvalue weighted by molar-refractivity contribution is 5.35. The summed E-state index contributed by atoms with van der Waals surface area (Å²) in [5, 5.41) is 0. The normalized spacial score (nSPS) is 13.1. The van der Waals surface area contributed by atoms with Gasteiger partial charge in [-0.2, -0.15) is 0 Å². The summed E-state index contributed by atoms with van der Waals surface area (Å²) in [6.45, 7) is 8.53. The topological polar surface area (TPSA) is 35.2 Å². The smallest absolute Gasteiger partial charge is 0.124 e. The minimum atomic E-state index is 0.0762. The van der Waals surface area contributed by atoms with E-state index in [1.165, 1.54) is 0 Å². The van der Waals surface area contributed by atoms with E-state index in [2.05, 4.69) is 19.9 Å². The highest BCUT2D eigenvalue weighted by Crippen LogP contribution is 2.28. The van der Waals surface area contributed by atoms with Crippen LogP contribution in [0.25, 0.3) is 0 Å². The number of para-hydroxylation sites is 1. The maximum atomic E-state index is 6.24. The zero-order valence-electron chi connectivity index (χ0n) is 11.4. The van der Waals surface area contributed by atoms with Gasteiger partial charge in [-0.25, -0.2) is 0 Å². The minimum absolute atomic E-state index is 0.0762. The molecular weight excluding hydrogens is 210 g/mol. The van der Waals surface area contributed by atoms with E-state index in [4.69, 9.17) is 10.5 Å². The molecule has 0 aliphatic rings. The Bertz CT molecular complexity index is 333. The van der Waals surface area contributed by atoms with Gasteiger partial charge in [-0.1, -0.05) is 32.0 Å². The second-order valence-corrected chi connectivity index (χ2v) is 5.28. The molecule has 0 radical (unpaired) electrons. The molecule has 0 aliphatic heterocycles. The van der Waals surface area contributed by atoms with Crippen LogP contribution in [0.3, 0.4) is 0 Å². The van der Waals surface area contributed by atoms with Crippen LogP contribution in [0.2, 0.25) is 0 Å². The SMILES string of the molecule is CC(C)CC[C@@H](N)c1ccccc1OC(C)C. The van der Waals surface area contributed by atoms with Crippen LogP contribution in [0.5, 0.6) is 5.75 Å². The quantitative estimate of drug-likeness (QED) is 0.811. The van der Waals surface area contributed by atoms with E-state index >= 15 is 0 Å². The van der Waals surface area contributed by atoms with Gasteiger partial charge in [0.25, 0.3) is 0 Å². The lowest BCUT2D eigenvalue weighted by atomic mass is 9.98. The average molecular weight is 235 g/mol. The number of rotatable bonds is 6. The van der Waals surface area contributed by atoms with Crippen LogP contribution in [0, 0.1) is 5.92 Å². The van der Waals surface area contributed by atoms with Crippen LogP contribution in [0.4, 0.5) is 0 Å². The molecule has 1 aromatic rings. The van der Waals surface area contributed by atoms with Crippen LogP contribution < -0.4 is 10.5 Å². The van der Waals surface area contributed by atoms with Gasteiger partial charge in [0.05, 0.1) is 6.10 Å². The van der Waals surface area contributed by atoms with Crippen molar-refractivity contribution in [2.75, 3.05) is 0 Å². The van der Waals surface area contributed by atoms with E-state index in [1.54, 1.807) is 0 Å². The lowest BCUT2D eigenvalue weighted by molar-refractivity contribution is 0.238. The van der Waals surface area contributed by atoms with Crippen molar-refractivity contribution in [3.8, 4) is 5.75 Å². The number of benzene rings is 1. The first-order valence-corrected chi connectivity index (χ1v) is 6.52. The maximum Gasteiger partial charge on any atom is 0.124 e. The van der Waals surface area contributed by atoms with Crippen LogP contribution in [0.1, 0.15) is 52.1 Å². The van der Waals surface area contributed by atoms with E-state index in [0.29, 0.717) is 5.92 Å². The Morgan fingerprint density at radius 3 is 2.29 bits per heavy atom. The molecule has 2 heteroatoms. The van der Waals surface area contributed by atoms with Crippen molar-refractivity contribution in [3.63, 3.8) is 0 Å². The summed E-state index contributed by atoms with van der Waals surface area (Å²) in [5.74, 6) is 1.62. The summed E-state index contributed by atoms with van der Waals surface area (Å²) in [6.07, 6.45) is 2.35. The first kappa shape index (κ1) is 14.0. The molecule has 0 bridgehead atoms. The van der Waals surface area contributed by atoms with E-state index in [9.17, 15) is 0 Å². The van der Waals surface area contributed by atoms with Gasteiger partial charge >= 0.3 is 0 Å². The predicted octanol–water partition coefficient (Wildman–Crippen LogP) is 3.91. The predicted molar refractivity (Wildman–Crippen MR) is 73.2 cm³/mol. The third-order valence-electron chi connectivity index (χ3n) is 2.74. The van der Waals surface area contributed by atoms with E-state index in [1.807, 2.05) is 32.0 Å². The fraction of sp³-hybridized carbons (Fsp3) is 0.600. The Morgan fingerprint density at radius 2 is 1.71 bits per heavy atom.